The zero-order valence-electron chi connectivity index (χ0n) is 14.0. The van der Waals surface area contributed by atoms with Gasteiger partial charge in [0.2, 0.25) is 5.91 Å². The van der Waals surface area contributed by atoms with Crippen LogP contribution in [0, 0.1) is 6.92 Å². The van der Waals surface area contributed by atoms with Gasteiger partial charge in [-0.2, -0.15) is 13.2 Å². The Morgan fingerprint density at radius 1 is 1.31 bits per heavy atom. The van der Waals surface area contributed by atoms with Crippen LogP contribution in [0.3, 0.4) is 0 Å². The first-order valence-electron chi connectivity index (χ1n) is 7.83. The number of alkyl halides is 3. The Labute approximate surface area is 148 Å². The van der Waals surface area contributed by atoms with Crippen molar-refractivity contribution in [3.63, 3.8) is 0 Å². The van der Waals surface area contributed by atoms with E-state index < -0.39 is 11.7 Å². The van der Waals surface area contributed by atoms with E-state index in [-0.39, 0.29) is 5.91 Å². The van der Waals surface area contributed by atoms with E-state index in [1.807, 2.05) is 23.8 Å². The van der Waals surface area contributed by atoms with Crippen LogP contribution in [0.15, 0.2) is 55.4 Å². The lowest BCUT2D eigenvalue weighted by Crippen LogP contribution is -2.07. The highest BCUT2D eigenvalue weighted by Crippen LogP contribution is 2.29. The smallest absolute Gasteiger partial charge is 0.328 e. The highest BCUT2D eigenvalue weighted by Gasteiger charge is 2.29. The summed E-state index contributed by atoms with van der Waals surface area (Å²) in [5.41, 5.74) is 2.27. The van der Waals surface area contributed by atoms with Crippen LogP contribution >= 0.6 is 0 Å². The molecule has 134 valence electrons. The summed E-state index contributed by atoms with van der Waals surface area (Å²) in [6.45, 7) is 5.71. The van der Waals surface area contributed by atoms with Gasteiger partial charge in [-0.3, -0.25) is 4.79 Å². The van der Waals surface area contributed by atoms with Crippen molar-refractivity contribution in [2.24, 2.45) is 0 Å². The first-order valence-corrected chi connectivity index (χ1v) is 7.83. The lowest BCUT2D eigenvalue weighted by atomic mass is 10.1. The van der Waals surface area contributed by atoms with E-state index in [1.165, 1.54) is 24.4 Å². The molecule has 1 N–H and O–H groups in total. The summed E-state index contributed by atoms with van der Waals surface area (Å²) in [4.78, 5) is 15.8. The SMILES string of the molecule is C=CC(=O)Nc1cnc2c(c1)c(C)cn2Cc1ccc(C(F)(F)F)cc1. The summed E-state index contributed by atoms with van der Waals surface area (Å²) in [7, 11) is 0. The van der Waals surface area contributed by atoms with Gasteiger partial charge in [0.15, 0.2) is 0 Å². The van der Waals surface area contributed by atoms with Gasteiger partial charge in [-0.05, 0) is 42.3 Å². The van der Waals surface area contributed by atoms with E-state index in [9.17, 15) is 18.0 Å². The Hall–Kier alpha value is -3.09. The number of carbonyl (C=O) groups excluding carboxylic acids is 1. The van der Waals surface area contributed by atoms with Crippen LogP contribution in [0.5, 0.6) is 0 Å². The van der Waals surface area contributed by atoms with Crippen LogP contribution in [0.4, 0.5) is 18.9 Å². The number of benzene rings is 1. The number of hydrogen-bond acceptors (Lipinski definition) is 2. The molecule has 4 nitrogen and oxygen atoms in total. The van der Waals surface area contributed by atoms with Gasteiger partial charge < -0.3 is 9.88 Å². The van der Waals surface area contributed by atoms with E-state index in [1.54, 1.807) is 0 Å². The molecular weight excluding hydrogens is 343 g/mol. The van der Waals surface area contributed by atoms with E-state index in [2.05, 4.69) is 16.9 Å². The number of nitrogens with zero attached hydrogens (tertiary/aromatic N) is 2. The van der Waals surface area contributed by atoms with Gasteiger partial charge in [0, 0.05) is 18.1 Å². The summed E-state index contributed by atoms with van der Waals surface area (Å²) < 4.78 is 39.8. The number of halogens is 3. The number of fused-ring (bicyclic) bond motifs is 1. The highest BCUT2D eigenvalue weighted by molar-refractivity contribution is 6.00. The van der Waals surface area contributed by atoms with Gasteiger partial charge in [0.1, 0.15) is 5.65 Å². The fraction of sp³-hybridized carbons (Fsp3) is 0.158. The van der Waals surface area contributed by atoms with Crippen molar-refractivity contribution < 1.29 is 18.0 Å². The third-order valence-electron chi connectivity index (χ3n) is 4.00. The molecule has 0 saturated carbocycles. The molecule has 3 aromatic rings. The second kappa shape index (κ2) is 6.67. The van der Waals surface area contributed by atoms with Crippen LogP contribution in [0.1, 0.15) is 16.7 Å². The number of anilines is 1. The third kappa shape index (κ3) is 3.61. The number of nitrogens with one attached hydrogen (secondary N) is 1. The molecule has 2 heterocycles. The monoisotopic (exact) mass is 359 g/mol. The van der Waals surface area contributed by atoms with Crippen LogP contribution in [0.2, 0.25) is 0 Å². The van der Waals surface area contributed by atoms with Gasteiger partial charge in [-0.25, -0.2) is 4.98 Å². The first-order chi connectivity index (χ1) is 12.3. The second-order valence-corrected chi connectivity index (χ2v) is 5.92. The molecule has 0 fully saturated rings. The van der Waals surface area contributed by atoms with E-state index in [0.29, 0.717) is 17.9 Å². The minimum atomic E-state index is -4.34. The van der Waals surface area contributed by atoms with Crippen molar-refractivity contribution in [3.8, 4) is 0 Å². The normalized spacial score (nSPS) is 11.5. The maximum atomic E-state index is 12.7. The molecular formula is C19H16F3N3O. The number of carbonyl (C=O) groups is 1. The Bertz CT molecular complexity index is 972. The van der Waals surface area contributed by atoms with Crippen LogP contribution < -0.4 is 5.32 Å². The van der Waals surface area contributed by atoms with Crippen molar-refractivity contribution in [1.82, 2.24) is 9.55 Å². The summed E-state index contributed by atoms with van der Waals surface area (Å²) in [5, 5.41) is 3.51. The molecule has 2 aromatic heterocycles. The Balaban J connectivity index is 1.89. The number of aryl methyl sites for hydroxylation is 1. The molecule has 1 aromatic carbocycles. The average Bonchev–Trinajstić information content (AvgIpc) is 2.90. The molecule has 7 heteroatoms. The topological polar surface area (TPSA) is 46.9 Å². The molecule has 0 bridgehead atoms. The van der Waals surface area contributed by atoms with Crippen molar-refractivity contribution in [3.05, 3.63) is 72.1 Å². The molecule has 0 spiro atoms. The fourth-order valence-electron chi connectivity index (χ4n) is 2.72. The average molecular weight is 359 g/mol. The number of pyridine rings is 1. The molecule has 0 aliphatic carbocycles. The zero-order valence-corrected chi connectivity index (χ0v) is 14.0. The summed E-state index contributed by atoms with van der Waals surface area (Å²) in [5.74, 6) is -0.326. The second-order valence-electron chi connectivity index (χ2n) is 5.92. The summed E-state index contributed by atoms with van der Waals surface area (Å²) in [6, 6.07) is 6.88. The predicted octanol–water partition coefficient (Wildman–Crippen LogP) is 4.54. The summed E-state index contributed by atoms with van der Waals surface area (Å²) >= 11 is 0. The largest absolute Gasteiger partial charge is 0.416 e. The lowest BCUT2D eigenvalue weighted by molar-refractivity contribution is -0.137. The lowest BCUT2D eigenvalue weighted by Gasteiger charge is -2.09. The zero-order chi connectivity index (χ0) is 18.9. The first kappa shape index (κ1) is 17.7. The Morgan fingerprint density at radius 2 is 2.00 bits per heavy atom. The van der Waals surface area contributed by atoms with Gasteiger partial charge in [-0.1, -0.05) is 18.7 Å². The predicted molar refractivity (Wildman–Crippen MR) is 93.8 cm³/mol. The molecule has 3 rings (SSSR count). The fourth-order valence-corrected chi connectivity index (χ4v) is 2.72. The van der Waals surface area contributed by atoms with Crippen molar-refractivity contribution >= 4 is 22.6 Å². The van der Waals surface area contributed by atoms with E-state index >= 15 is 0 Å². The van der Waals surface area contributed by atoms with Gasteiger partial charge >= 0.3 is 6.18 Å². The molecule has 0 radical (unpaired) electrons. The minimum absolute atomic E-state index is 0.326. The molecule has 26 heavy (non-hydrogen) atoms. The quantitative estimate of drug-likeness (QED) is 0.696. The molecule has 0 aliphatic rings. The maximum absolute atomic E-state index is 12.7. The molecule has 1 amide bonds. The number of hydrogen-bond donors (Lipinski definition) is 1. The molecule has 0 saturated heterocycles. The van der Waals surface area contributed by atoms with Crippen molar-refractivity contribution in [2.45, 2.75) is 19.6 Å². The Kier molecular flexibility index (Phi) is 4.54. The Morgan fingerprint density at radius 3 is 2.62 bits per heavy atom. The van der Waals surface area contributed by atoms with Crippen LogP contribution in [-0.2, 0) is 17.5 Å². The summed E-state index contributed by atoms with van der Waals surface area (Å²) in [6.07, 6.45) is 0.247. The van der Waals surface area contributed by atoms with Crippen molar-refractivity contribution in [1.29, 1.82) is 0 Å². The van der Waals surface area contributed by atoms with Crippen LogP contribution in [-0.4, -0.2) is 15.5 Å². The number of aromatic nitrogens is 2. The highest BCUT2D eigenvalue weighted by atomic mass is 19.4. The van der Waals surface area contributed by atoms with Crippen molar-refractivity contribution in [2.75, 3.05) is 5.32 Å². The van der Waals surface area contributed by atoms with Gasteiger partial charge in [0.05, 0.1) is 17.4 Å². The van der Waals surface area contributed by atoms with Crippen LogP contribution in [0.25, 0.3) is 11.0 Å². The van der Waals surface area contributed by atoms with Gasteiger partial charge in [-0.15, -0.1) is 0 Å². The third-order valence-corrected chi connectivity index (χ3v) is 4.00. The molecule has 0 atom stereocenters. The number of amides is 1. The molecule has 0 unspecified atom stereocenters. The van der Waals surface area contributed by atoms with E-state index in [4.69, 9.17) is 0 Å². The van der Waals surface area contributed by atoms with E-state index in [0.717, 1.165) is 28.6 Å². The maximum Gasteiger partial charge on any atom is 0.416 e. The standard InChI is InChI=1S/C19H16F3N3O/c1-3-17(26)24-15-8-16-12(2)10-25(18(16)23-9-15)11-13-4-6-14(7-5-13)19(20,21)22/h3-10H,1,11H2,2H3,(H,24,26). The van der Waals surface area contributed by atoms with Gasteiger partial charge in [0.25, 0.3) is 0 Å². The number of rotatable bonds is 4. The molecule has 0 aliphatic heterocycles. The minimum Gasteiger partial charge on any atom is -0.328 e.